The van der Waals surface area contributed by atoms with Crippen molar-refractivity contribution < 1.29 is 19.4 Å². The van der Waals surface area contributed by atoms with E-state index in [2.05, 4.69) is 19.2 Å². The van der Waals surface area contributed by atoms with Crippen LogP contribution in [0, 0.1) is 0 Å². The third kappa shape index (κ3) is 7.12. The highest BCUT2D eigenvalue weighted by atomic mass is 32.2. The summed E-state index contributed by atoms with van der Waals surface area (Å²) < 4.78 is 5.36. The number of rotatable bonds is 5. The van der Waals surface area contributed by atoms with E-state index in [4.69, 9.17) is 9.84 Å². The van der Waals surface area contributed by atoms with Gasteiger partial charge in [-0.3, -0.25) is 5.32 Å². The van der Waals surface area contributed by atoms with Gasteiger partial charge in [0.2, 0.25) is 0 Å². The average molecular weight is 354 g/mol. The summed E-state index contributed by atoms with van der Waals surface area (Å²) in [6.45, 7) is 9.94. The van der Waals surface area contributed by atoms with Gasteiger partial charge >= 0.3 is 12.2 Å². The first kappa shape index (κ1) is 20.2. The fraction of sp³-hybridized carbons (Fsp3) is 0.529. The summed E-state index contributed by atoms with van der Waals surface area (Å²) in [5.41, 5.74) is 0.782. The second kappa shape index (κ2) is 8.28. The third-order valence-corrected chi connectivity index (χ3v) is 3.91. The summed E-state index contributed by atoms with van der Waals surface area (Å²) in [5.74, 6) is 0. The minimum Gasteiger partial charge on any atom is -0.465 e. The number of anilines is 1. The molecule has 0 aliphatic heterocycles. The number of nitrogens with one attached hydrogen (secondary N) is 1. The zero-order valence-corrected chi connectivity index (χ0v) is 15.9. The van der Waals surface area contributed by atoms with E-state index in [1.165, 1.54) is 4.90 Å². The minimum atomic E-state index is -1.12. The lowest BCUT2D eigenvalue weighted by Gasteiger charge is -2.25. The Morgan fingerprint density at radius 1 is 1.33 bits per heavy atom. The van der Waals surface area contributed by atoms with Gasteiger partial charge in [0.05, 0.1) is 0 Å². The lowest BCUT2D eigenvalue weighted by atomic mass is 10.2. The van der Waals surface area contributed by atoms with Gasteiger partial charge in [-0.1, -0.05) is 13.8 Å². The Morgan fingerprint density at radius 2 is 1.96 bits per heavy atom. The second-order valence-electron chi connectivity index (χ2n) is 6.76. The lowest BCUT2D eigenvalue weighted by molar-refractivity contribution is 0.0284. The highest BCUT2D eigenvalue weighted by Gasteiger charge is 2.20. The molecule has 0 aliphatic rings. The predicted molar refractivity (Wildman–Crippen MR) is 96.8 cm³/mol. The standard InChI is InChI=1S/C17H26N2O4S/c1-11(2)24-14-8-7-13(18-15(20)21)9-12(14)10-19(6)16(22)23-17(3,4)5/h7-9,11,18H,10H2,1-6H3,(H,20,21). The van der Waals surface area contributed by atoms with Gasteiger partial charge < -0.3 is 14.7 Å². The van der Waals surface area contributed by atoms with E-state index in [1.54, 1.807) is 30.9 Å². The first-order chi connectivity index (χ1) is 11.0. The Morgan fingerprint density at radius 3 is 2.46 bits per heavy atom. The number of carbonyl (C=O) groups excluding carboxylic acids is 1. The zero-order valence-electron chi connectivity index (χ0n) is 15.0. The Balaban J connectivity index is 3.00. The Bertz CT molecular complexity index is 597. The van der Waals surface area contributed by atoms with E-state index in [1.807, 2.05) is 26.8 Å². The van der Waals surface area contributed by atoms with Gasteiger partial charge in [-0.05, 0) is 44.5 Å². The number of amides is 2. The monoisotopic (exact) mass is 354 g/mol. The van der Waals surface area contributed by atoms with Gasteiger partial charge in [0.1, 0.15) is 5.60 Å². The Kier molecular flexibility index (Phi) is 6.95. The highest BCUT2D eigenvalue weighted by molar-refractivity contribution is 8.00. The van der Waals surface area contributed by atoms with Gasteiger partial charge in [-0.15, -0.1) is 11.8 Å². The van der Waals surface area contributed by atoms with E-state index >= 15 is 0 Å². The number of ether oxygens (including phenoxy) is 1. The quantitative estimate of drug-likeness (QED) is 0.753. The van der Waals surface area contributed by atoms with Gasteiger partial charge in [0, 0.05) is 29.4 Å². The molecule has 2 amide bonds. The van der Waals surface area contributed by atoms with Crippen LogP contribution in [0.2, 0.25) is 0 Å². The maximum absolute atomic E-state index is 12.1. The molecule has 0 unspecified atom stereocenters. The molecule has 0 atom stereocenters. The van der Waals surface area contributed by atoms with Crippen LogP contribution in [0.3, 0.4) is 0 Å². The largest absolute Gasteiger partial charge is 0.465 e. The fourth-order valence-corrected chi connectivity index (χ4v) is 2.86. The second-order valence-corrected chi connectivity index (χ2v) is 8.37. The van der Waals surface area contributed by atoms with E-state index in [9.17, 15) is 9.59 Å². The molecule has 1 aromatic carbocycles. The van der Waals surface area contributed by atoms with E-state index in [0.717, 1.165) is 10.5 Å². The highest BCUT2D eigenvalue weighted by Crippen LogP contribution is 2.30. The molecule has 1 aromatic rings. The molecule has 2 N–H and O–H groups in total. The molecule has 0 saturated heterocycles. The summed E-state index contributed by atoms with van der Waals surface area (Å²) >= 11 is 1.67. The molecule has 1 rings (SSSR count). The number of thioether (sulfide) groups is 1. The minimum absolute atomic E-state index is 0.332. The molecule has 24 heavy (non-hydrogen) atoms. The average Bonchev–Trinajstić information content (AvgIpc) is 2.38. The number of benzene rings is 1. The van der Waals surface area contributed by atoms with Crippen molar-refractivity contribution >= 4 is 29.6 Å². The van der Waals surface area contributed by atoms with E-state index in [0.29, 0.717) is 17.5 Å². The maximum atomic E-state index is 12.1. The maximum Gasteiger partial charge on any atom is 0.410 e. The normalized spacial score (nSPS) is 11.3. The van der Waals surface area contributed by atoms with Crippen LogP contribution in [0.25, 0.3) is 0 Å². The molecule has 0 bridgehead atoms. The molecule has 7 heteroatoms. The number of nitrogens with zero attached hydrogens (tertiary/aromatic N) is 1. The molecule has 0 aliphatic carbocycles. The first-order valence-electron chi connectivity index (χ1n) is 7.71. The van der Waals surface area contributed by atoms with Crippen molar-refractivity contribution in [1.82, 2.24) is 4.90 Å². The number of hydrogen-bond donors (Lipinski definition) is 2. The summed E-state index contributed by atoms with van der Waals surface area (Å²) in [6.07, 6.45) is -1.54. The van der Waals surface area contributed by atoms with Crippen LogP contribution < -0.4 is 5.32 Å². The molecule has 0 spiro atoms. The summed E-state index contributed by atoms with van der Waals surface area (Å²) in [7, 11) is 1.66. The third-order valence-electron chi connectivity index (χ3n) is 2.79. The molecule has 0 saturated carbocycles. The smallest absolute Gasteiger partial charge is 0.410 e. The van der Waals surface area contributed by atoms with Crippen LogP contribution in [-0.2, 0) is 11.3 Å². The zero-order chi connectivity index (χ0) is 18.5. The lowest BCUT2D eigenvalue weighted by Crippen LogP contribution is -2.34. The molecule has 0 aromatic heterocycles. The van der Waals surface area contributed by atoms with Crippen molar-refractivity contribution in [1.29, 1.82) is 0 Å². The van der Waals surface area contributed by atoms with Gasteiger partial charge in [-0.25, -0.2) is 9.59 Å². The summed E-state index contributed by atoms with van der Waals surface area (Å²) in [6, 6.07) is 5.34. The Labute approximate surface area is 147 Å². The Hall–Kier alpha value is -1.89. The van der Waals surface area contributed by atoms with Crippen molar-refractivity contribution in [2.24, 2.45) is 0 Å². The first-order valence-corrected chi connectivity index (χ1v) is 8.59. The number of hydrogen-bond acceptors (Lipinski definition) is 4. The van der Waals surface area contributed by atoms with Crippen molar-refractivity contribution in [3.8, 4) is 0 Å². The number of carboxylic acid groups (broad SMARTS) is 1. The van der Waals surface area contributed by atoms with Crippen LogP contribution in [0.4, 0.5) is 15.3 Å². The van der Waals surface area contributed by atoms with Crippen LogP contribution in [0.1, 0.15) is 40.2 Å². The summed E-state index contributed by atoms with van der Waals surface area (Å²) in [5, 5.41) is 11.6. The molecule has 0 heterocycles. The van der Waals surface area contributed by atoms with Gasteiger partial charge in [0.25, 0.3) is 0 Å². The van der Waals surface area contributed by atoms with E-state index < -0.39 is 17.8 Å². The van der Waals surface area contributed by atoms with Crippen molar-refractivity contribution in [3.63, 3.8) is 0 Å². The molecule has 6 nitrogen and oxygen atoms in total. The van der Waals surface area contributed by atoms with Crippen LogP contribution in [0.15, 0.2) is 23.1 Å². The fourth-order valence-electron chi connectivity index (χ4n) is 1.93. The van der Waals surface area contributed by atoms with E-state index in [-0.39, 0.29) is 0 Å². The van der Waals surface area contributed by atoms with Crippen LogP contribution in [-0.4, -0.2) is 40.1 Å². The molecule has 134 valence electrons. The van der Waals surface area contributed by atoms with Crippen molar-refractivity contribution in [2.75, 3.05) is 12.4 Å². The van der Waals surface area contributed by atoms with Crippen LogP contribution in [0.5, 0.6) is 0 Å². The summed E-state index contributed by atoms with van der Waals surface area (Å²) in [4.78, 5) is 25.5. The van der Waals surface area contributed by atoms with Crippen molar-refractivity contribution in [3.05, 3.63) is 23.8 Å². The molecule has 0 fully saturated rings. The molecular formula is C17H26N2O4S. The molecular weight excluding hydrogens is 328 g/mol. The van der Waals surface area contributed by atoms with Gasteiger partial charge in [0.15, 0.2) is 0 Å². The van der Waals surface area contributed by atoms with Crippen molar-refractivity contribution in [2.45, 2.75) is 56.9 Å². The van der Waals surface area contributed by atoms with Gasteiger partial charge in [-0.2, -0.15) is 0 Å². The topological polar surface area (TPSA) is 78.9 Å². The predicted octanol–water partition coefficient (Wildman–Crippen LogP) is 4.64. The number of carbonyl (C=O) groups is 2. The molecule has 0 radical (unpaired) electrons. The van der Waals surface area contributed by atoms with Crippen LogP contribution >= 0.6 is 11.8 Å². The SMILES string of the molecule is CC(C)Sc1ccc(NC(=O)O)cc1CN(C)C(=O)OC(C)(C)C.